The van der Waals surface area contributed by atoms with Gasteiger partial charge >= 0.3 is 67.8 Å². The summed E-state index contributed by atoms with van der Waals surface area (Å²) < 4.78 is 1.64. The third-order valence-corrected chi connectivity index (χ3v) is 0.498. The van der Waals surface area contributed by atoms with Crippen LogP contribution in [0.1, 0.15) is 0 Å². The van der Waals surface area contributed by atoms with Crippen LogP contribution in [0.15, 0.2) is 0 Å². The average Bonchev–Trinajstić information content (AvgIpc) is 1.72. The molecule has 0 bridgehead atoms. The number of hydrogen-bond donors (Lipinski definition) is 0. The van der Waals surface area contributed by atoms with Crippen LogP contribution in [0.2, 0.25) is 0 Å². The van der Waals surface area contributed by atoms with Crippen LogP contribution in [0.25, 0.3) is 5.41 Å². The van der Waals surface area contributed by atoms with E-state index in [1.807, 2.05) is 0 Å². The molecule has 0 atom stereocenters. The van der Waals surface area contributed by atoms with E-state index in [9.17, 15) is 0 Å². The number of nitrogens with zero attached hydrogens (tertiary/aromatic N) is 1. The zero-order valence-electron chi connectivity index (χ0n) is 2.83. The van der Waals surface area contributed by atoms with Gasteiger partial charge < -0.3 is 0 Å². The molecule has 0 aliphatic carbocycles. The van der Waals surface area contributed by atoms with Crippen molar-refractivity contribution in [3.8, 4) is 0 Å². The van der Waals surface area contributed by atoms with Crippen LogP contribution in [0.3, 0.4) is 0 Å². The van der Waals surface area contributed by atoms with Gasteiger partial charge in [-0.1, -0.05) is 0 Å². The van der Waals surface area contributed by atoms with Crippen LogP contribution in [-0.4, -0.2) is 10.6 Å². The van der Waals surface area contributed by atoms with Crippen molar-refractivity contribution in [1.29, 1.82) is 0 Å². The first kappa shape index (κ1) is 10.6. The summed E-state index contributed by atoms with van der Waals surface area (Å²) in [6.07, 6.45) is 1.04. The Balaban J connectivity index is 0. The van der Waals surface area contributed by atoms with Gasteiger partial charge in [0, 0.05) is 0 Å². The van der Waals surface area contributed by atoms with Crippen molar-refractivity contribution in [2.24, 2.45) is 0 Å². The van der Waals surface area contributed by atoms with E-state index in [2.05, 4.69) is 0 Å². The van der Waals surface area contributed by atoms with Crippen molar-refractivity contribution >= 4 is 10.6 Å². The summed E-state index contributed by atoms with van der Waals surface area (Å²) in [5.74, 6) is 0. The molecule has 0 aromatic heterocycles. The van der Waals surface area contributed by atoms with Crippen LogP contribution < -0.4 is 0 Å². The molecule has 0 aromatic rings. The van der Waals surface area contributed by atoms with Gasteiger partial charge in [-0.25, -0.2) is 0 Å². The van der Waals surface area contributed by atoms with Gasteiger partial charge in [-0.05, 0) is 0 Å². The Hall–Kier alpha value is 1.60. The molecule has 0 rings (SSSR count). The van der Waals surface area contributed by atoms with E-state index >= 15 is 0 Å². The maximum absolute atomic E-state index is 7.72. The molecule has 1 nitrogen and oxygen atoms in total. The molecule has 0 N–H and O–H groups in total. The third kappa shape index (κ3) is 17.5. The molecule has 0 heterocycles. The Morgan fingerprint density at radius 3 is 1.50 bits per heavy atom. The summed E-state index contributed by atoms with van der Waals surface area (Å²) in [5.41, 5.74) is 0. The minimum absolute atomic E-state index is 1.04. The van der Waals surface area contributed by atoms with Crippen molar-refractivity contribution in [1.82, 2.24) is 0 Å². The fourth-order valence-corrected chi connectivity index (χ4v) is 0. The summed E-state index contributed by atoms with van der Waals surface area (Å²) in [6.45, 7) is 0. The molecule has 0 aromatic carbocycles. The number of hydrogen-bond acceptors (Lipinski definition) is 0. The SMILES string of the molecule is [N-]=C[CH]=[W].[W]=[W]. The van der Waals surface area contributed by atoms with Gasteiger partial charge in [0.15, 0.2) is 0 Å². The first-order valence-corrected chi connectivity index (χ1v) is 13.7. The standard InChI is InChI=1S/C2H2N.3W/c1-2-3;;;/h1-2H;;;/q-1;;;. The second-order valence-corrected chi connectivity index (χ2v) is 1.26. The summed E-state index contributed by atoms with van der Waals surface area (Å²) in [7, 11) is 0. The molecule has 34 valence electrons. The predicted octanol–water partition coefficient (Wildman–Crippen LogP) is -0.0294. The topological polar surface area (TPSA) is 22.3 Å². The minimum atomic E-state index is 1.04. The van der Waals surface area contributed by atoms with E-state index in [0.717, 1.165) is 6.21 Å². The van der Waals surface area contributed by atoms with Gasteiger partial charge in [-0.15, -0.1) is 0 Å². The third-order valence-electron chi connectivity index (χ3n) is 0.0609. The van der Waals surface area contributed by atoms with Gasteiger partial charge in [0.25, 0.3) is 0 Å². The molecule has 0 amide bonds. The van der Waals surface area contributed by atoms with Crippen LogP contribution in [0.5, 0.6) is 0 Å². The molecule has 0 saturated carbocycles. The van der Waals surface area contributed by atoms with E-state index in [-0.39, 0.29) is 0 Å². The monoisotopic (exact) mass is 592 g/mol. The van der Waals surface area contributed by atoms with Crippen molar-refractivity contribution in [3.05, 3.63) is 5.41 Å². The maximum atomic E-state index is 7.72. The summed E-state index contributed by atoms with van der Waals surface area (Å²) in [4.78, 5) is 0. The van der Waals surface area contributed by atoms with Gasteiger partial charge in [0.2, 0.25) is 0 Å². The molecule has 0 aliphatic rings. The van der Waals surface area contributed by atoms with Gasteiger partial charge in [-0.2, -0.15) is 0 Å². The second kappa shape index (κ2) is 16.0. The van der Waals surface area contributed by atoms with Gasteiger partial charge in [-0.3, -0.25) is 0 Å². The van der Waals surface area contributed by atoms with E-state index in [4.69, 9.17) is 5.41 Å². The first-order valence-electron chi connectivity index (χ1n) is 0.994. The van der Waals surface area contributed by atoms with Crippen molar-refractivity contribution in [2.45, 2.75) is 0 Å². The van der Waals surface area contributed by atoms with E-state index < -0.39 is 0 Å². The molecule has 0 unspecified atom stereocenters. The quantitative estimate of drug-likeness (QED) is 0.383. The molecular weight excluding hydrogens is 590 g/mol. The molecular formula is C2H2NW3-. The predicted molar refractivity (Wildman–Crippen MR) is 15.5 cm³/mol. The van der Waals surface area contributed by atoms with Gasteiger partial charge in [0.05, 0.1) is 0 Å². The Labute approximate surface area is 67.0 Å². The average molecular weight is 592 g/mol. The van der Waals surface area contributed by atoms with Crippen molar-refractivity contribution < 1.29 is 51.8 Å². The fourth-order valence-electron chi connectivity index (χ4n) is 0. The van der Waals surface area contributed by atoms with Crippen molar-refractivity contribution in [3.63, 3.8) is 0 Å². The fraction of sp³-hybridized carbons (Fsp3) is 0. The normalized spacial score (nSPS) is 4.00. The summed E-state index contributed by atoms with van der Waals surface area (Å²) in [5, 5.41) is 7.72. The number of rotatable bonds is 1. The van der Waals surface area contributed by atoms with Crippen LogP contribution in [-0.2, 0) is 51.8 Å². The van der Waals surface area contributed by atoms with E-state index in [1.165, 1.54) is 19.4 Å². The Kier molecular flexibility index (Phi) is 28.1. The summed E-state index contributed by atoms with van der Waals surface area (Å²) in [6, 6.07) is 0. The summed E-state index contributed by atoms with van der Waals surface area (Å²) >= 11 is 4.61. The van der Waals surface area contributed by atoms with Crippen molar-refractivity contribution in [2.75, 3.05) is 0 Å². The van der Waals surface area contributed by atoms with Gasteiger partial charge in [0.1, 0.15) is 0 Å². The second-order valence-electron chi connectivity index (χ2n) is 0.285. The molecule has 4 heteroatoms. The Bertz CT molecular complexity index is 38.1. The van der Waals surface area contributed by atoms with Crippen LogP contribution >= 0.6 is 0 Å². The van der Waals surface area contributed by atoms with E-state index in [1.54, 1.807) is 36.8 Å². The van der Waals surface area contributed by atoms with Crippen LogP contribution in [0.4, 0.5) is 0 Å². The Morgan fingerprint density at radius 1 is 1.33 bits per heavy atom. The zero-order chi connectivity index (χ0) is 5.41. The Morgan fingerprint density at radius 2 is 1.50 bits per heavy atom. The molecule has 0 radical (unpaired) electrons. The molecule has 0 fully saturated rings. The molecule has 0 spiro atoms. The van der Waals surface area contributed by atoms with Crippen LogP contribution in [0, 0.1) is 0 Å². The molecule has 6 heavy (non-hydrogen) atoms. The zero-order valence-corrected chi connectivity index (χ0v) is 11.6. The van der Waals surface area contributed by atoms with E-state index in [0.29, 0.717) is 0 Å². The first-order chi connectivity index (χ1) is 2.91. The molecule has 0 aliphatic heterocycles. The molecule has 0 saturated heterocycles.